The Kier molecular flexibility index (Phi) is 3.80. The molecule has 0 radical (unpaired) electrons. The number of nitriles is 1. The number of anilines is 1. The first-order valence-electron chi connectivity index (χ1n) is 5.68. The number of ether oxygens (including phenoxy) is 2. The Bertz CT molecular complexity index is 464. The summed E-state index contributed by atoms with van der Waals surface area (Å²) in [5.74, 6) is -0.361. The van der Waals surface area contributed by atoms with Gasteiger partial charge in [0.2, 0.25) is 0 Å². The van der Waals surface area contributed by atoms with Gasteiger partial charge in [-0.1, -0.05) is 0 Å². The maximum Gasteiger partial charge on any atom is 0.337 e. The van der Waals surface area contributed by atoms with E-state index in [4.69, 9.17) is 10.00 Å². The highest BCUT2D eigenvalue weighted by atomic mass is 16.5. The number of carbonyl (C=O) groups excluding carboxylic acids is 1. The molecular formula is C13H14N2O3. The van der Waals surface area contributed by atoms with Crippen molar-refractivity contribution in [3.63, 3.8) is 0 Å². The van der Waals surface area contributed by atoms with Gasteiger partial charge in [-0.2, -0.15) is 5.26 Å². The molecule has 1 atom stereocenters. The van der Waals surface area contributed by atoms with E-state index >= 15 is 0 Å². The van der Waals surface area contributed by atoms with Crippen molar-refractivity contribution in [3.8, 4) is 6.07 Å². The summed E-state index contributed by atoms with van der Waals surface area (Å²) in [6.07, 6.45) is 0. The lowest BCUT2D eigenvalue weighted by molar-refractivity contribution is 0.0600. The summed E-state index contributed by atoms with van der Waals surface area (Å²) < 4.78 is 9.90. The van der Waals surface area contributed by atoms with Crippen LogP contribution in [0.4, 0.5) is 5.69 Å². The molecule has 0 aliphatic carbocycles. The van der Waals surface area contributed by atoms with Crippen LogP contribution < -0.4 is 4.90 Å². The highest BCUT2D eigenvalue weighted by Gasteiger charge is 2.22. The lowest BCUT2D eigenvalue weighted by atomic mass is 10.1. The van der Waals surface area contributed by atoms with Crippen LogP contribution >= 0.6 is 0 Å². The molecule has 0 spiro atoms. The second kappa shape index (κ2) is 5.52. The zero-order chi connectivity index (χ0) is 13.0. The third-order valence-electron chi connectivity index (χ3n) is 2.90. The summed E-state index contributed by atoms with van der Waals surface area (Å²) in [4.78, 5) is 13.3. The van der Waals surface area contributed by atoms with Gasteiger partial charge < -0.3 is 14.4 Å². The number of morpholine rings is 1. The van der Waals surface area contributed by atoms with Gasteiger partial charge in [-0.05, 0) is 24.3 Å². The van der Waals surface area contributed by atoms with E-state index in [1.54, 1.807) is 12.1 Å². The maximum atomic E-state index is 11.3. The van der Waals surface area contributed by atoms with Gasteiger partial charge in [-0.3, -0.25) is 0 Å². The van der Waals surface area contributed by atoms with Crippen LogP contribution in [0.15, 0.2) is 24.3 Å². The van der Waals surface area contributed by atoms with Crippen LogP contribution in [0, 0.1) is 11.3 Å². The van der Waals surface area contributed by atoms with Crippen molar-refractivity contribution in [3.05, 3.63) is 29.8 Å². The number of methoxy groups -OCH3 is 1. The zero-order valence-electron chi connectivity index (χ0n) is 10.1. The molecule has 5 heteroatoms. The molecule has 1 aliphatic rings. The van der Waals surface area contributed by atoms with Crippen molar-refractivity contribution < 1.29 is 14.3 Å². The van der Waals surface area contributed by atoms with Crippen LogP contribution in [0.2, 0.25) is 0 Å². The van der Waals surface area contributed by atoms with Gasteiger partial charge in [0.15, 0.2) is 0 Å². The SMILES string of the molecule is COC(=O)c1ccc(N2CCOCC2C#N)cc1. The molecule has 5 nitrogen and oxygen atoms in total. The first-order chi connectivity index (χ1) is 8.76. The summed E-state index contributed by atoms with van der Waals surface area (Å²) in [5, 5.41) is 9.06. The number of nitrogens with zero attached hydrogens (tertiary/aromatic N) is 2. The predicted molar refractivity (Wildman–Crippen MR) is 65.3 cm³/mol. The monoisotopic (exact) mass is 246 g/mol. The minimum Gasteiger partial charge on any atom is -0.465 e. The average Bonchev–Trinajstić information content (AvgIpc) is 2.46. The van der Waals surface area contributed by atoms with E-state index in [0.29, 0.717) is 25.3 Å². The van der Waals surface area contributed by atoms with E-state index in [0.717, 1.165) is 5.69 Å². The Morgan fingerprint density at radius 1 is 1.50 bits per heavy atom. The summed E-state index contributed by atoms with van der Waals surface area (Å²) in [6.45, 7) is 1.70. The number of hydrogen-bond acceptors (Lipinski definition) is 5. The van der Waals surface area contributed by atoms with Crippen LogP contribution in [0.25, 0.3) is 0 Å². The molecule has 0 N–H and O–H groups in total. The molecule has 18 heavy (non-hydrogen) atoms. The van der Waals surface area contributed by atoms with Crippen molar-refractivity contribution >= 4 is 11.7 Å². The van der Waals surface area contributed by atoms with E-state index in [2.05, 4.69) is 10.8 Å². The number of esters is 1. The topological polar surface area (TPSA) is 62.6 Å². The molecule has 1 heterocycles. The largest absolute Gasteiger partial charge is 0.465 e. The van der Waals surface area contributed by atoms with Gasteiger partial charge in [-0.15, -0.1) is 0 Å². The van der Waals surface area contributed by atoms with Crippen molar-refractivity contribution in [2.75, 3.05) is 31.8 Å². The Morgan fingerprint density at radius 2 is 2.22 bits per heavy atom. The Morgan fingerprint density at radius 3 is 2.83 bits per heavy atom. The maximum absolute atomic E-state index is 11.3. The quantitative estimate of drug-likeness (QED) is 0.734. The van der Waals surface area contributed by atoms with E-state index in [1.165, 1.54) is 7.11 Å². The van der Waals surface area contributed by atoms with Gasteiger partial charge in [0.25, 0.3) is 0 Å². The highest BCUT2D eigenvalue weighted by molar-refractivity contribution is 5.89. The normalized spacial score (nSPS) is 19.1. The highest BCUT2D eigenvalue weighted by Crippen LogP contribution is 2.20. The van der Waals surface area contributed by atoms with Crippen LogP contribution in [0.3, 0.4) is 0 Å². The average molecular weight is 246 g/mol. The van der Waals surface area contributed by atoms with Gasteiger partial charge in [0, 0.05) is 12.2 Å². The number of rotatable bonds is 2. The number of benzene rings is 1. The standard InChI is InChI=1S/C13H14N2O3/c1-17-13(16)10-2-4-11(5-3-10)15-6-7-18-9-12(15)8-14/h2-5,12H,6-7,9H2,1H3. The molecule has 0 bridgehead atoms. The molecule has 1 saturated heterocycles. The van der Waals surface area contributed by atoms with Crippen molar-refractivity contribution in [1.82, 2.24) is 0 Å². The fourth-order valence-corrected chi connectivity index (χ4v) is 1.93. The third kappa shape index (κ3) is 2.44. The molecule has 1 unspecified atom stereocenters. The van der Waals surface area contributed by atoms with Crippen molar-refractivity contribution in [1.29, 1.82) is 5.26 Å². The predicted octanol–water partition coefficient (Wildman–Crippen LogP) is 1.20. The summed E-state index contributed by atoms with van der Waals surface area (Å²) >= 11 is 0. The van der Waals surface area contributed by atoms with Gasteiger partial charge >= 0.3 is 5.97 Å². The van der Waals surface area contributed by atoms with E-state index < -0.39 is 0 Å². The molecule has 94 valence electrons. The molecule has 0 saturated carbocycles. The van der Waals surface area contributed by atoms with Crippen molar-refractivity contribution in [2.24, 2.45) is 0 Å². The van der Waals surface area contributed by atoms with Crippen LogP contribution in [0.1, 0.15) is 10.4 Å². The first kappa shape index (κ1) is 12.4. The molecular weight excluding hydrogens is 232 g/mol. The molecule has 1 aliphatic heterocycles. The molecule has 1 aromatic rings. The smallest absolute Gasteiger partial charge is 0.337 e. The Labute approximate surface area is 106 Å². The fraction of sp³-hybridized carbons (Fsp3) is 0.385. The Hall–Kier alpha value is -2.06. The molecule has 0 aromatic heterocycles. The molecule has 1 fully saturated rings. The van der Waals surface area contributed by atoms with Crippen LogP contribution in [-0.4, -0.2) is 38.9 Å². The second-order valence-electron chi connectivity index (χ2n) is 3.95. The lowest BCUT2D eigenvalue weighted by Gasteiger charge is -2.33. The minimum atomic E-state index is -0.361. The van der Waals surface area contributed by atoms with Crippen molar-refractivity contribution in [2.45, 2.75) is 6.04 Å². The fourth-order valence-electron chi connectivity index (χ4n) is 1.93. The Balaban J connectivity index is 2.18. The van der Waals surface area contributed by atoms with Gasteiger partial charge in [-0.25, -0.2) is 4.79 Å². The van der Waals surface area contributed by atoms with Crippen LogP contribution in [-0.2, 0) is 9.47 Å². The minimum absolute atomic E-state index is 0.275. The van der Waals surface area contributed by atoms with E-state index in [-0.39, 0.29) is 12.0 Å². The lowest BCUT2D eigenvalue weighted by Crippen LogP contribution is -2.44. The number of carbonyl (C=O) groups is 1. The molecule has 1 aromatic carbocycles. The number of hydrogen-bond donors (Lipinski definition) is 0. The summed E-state index contributed by atoms with van der Waals surface area (Å²) in [7, 11) is 1.35. The zero-order valence-corrected chi connectivity index (χ0v) is 10.1. The summed E-state index contributed by atoms with van der Waals surface area (Å²) in [5.41, 5.74) is 1.42. The molecule has 0 amide bonds. The molecule has 2 rings (SSSR count). The van der Waals surface area contributed by atoms with E-state index in [1.807, 2.05) is 17.0 Å². The first-order valence-corrected chi connectivity index (χ1v) is 5.68. The van der Waals surface area contributed by atoms with Crippen LogP contribution in [0.5, 0.6) is 0 Å². The second-order valence-corrected chi connectivity index (χ2v) is 3.95. The summed E-state index contributed by atoms with van der Waals surface area (Å²) in [6, 6.07) is 8.98. The third-order valence-corrected chi connectivity index (χ3v) is 2.90. The van der Waals surface area contributed by atoms with Gasteiger partial charge in [0.1, 0.15) is 6.04 Å². The van der Waals surface area contributed by atoms with Gasteiger partial charge in [0.05, 0.1) is 32.0 Å². The van der Waals surface area contributed by atoms with E-state index in [9.17, 15) is 4.79 Å².